The molecule has 0 aliphatic rings. The molecule has 1 heterocycles. The highest BCUT2D eigenvalue weighted by atomic mass is 35.5. The second-order valence-electron chi connectivity index (χ2n) is 4.28. The van der Waals surface area contributed by atoms with Crippen LogP contribution < -0.4 is 0 Å². The van der Waals surface area contributed by atoms with Gasteiger partial charge in [-0.2, -0.15) is 11.8 Å². The zero-order valence-corrected chi connectivity index (χ0v) is 12.8. The van der Waals surface area contributed by atoms with Crippen LogP contribution in [-0.2, 0) is 12.4 Å². The topological polar surface area (TPSA) is 17.8 Å². The van der Waals surface area contributed by atoms with Gasteiger partial charge < -0.3 is 4.57 Å². The van der Waals surface area contributed by atoms with Gasteiger partial charge in [-0.1, -0.05) is 18.5 Å². The molecular weight excluding hydrogens is 287 g/mol. The first kappa shape index (κ1) is 14.0. The van der Waals surface area contributed by atoms with Crippen molar-refractivity contribution in [1.82, 2.24) is 9.55 Å². The number of aryl methyl sites for hydroxylation is 1. The van der Waals surface area contributed by atoms with Crippen LogP contribution in [0.3, 0.4) is 0 Å². The van der Waals surface area contributed by atoms with Gasteiger partial charge in [0.1, 0.15) is 5.82 Å². The summed E-state index contributed by atoms with van der Waals surface area (Å²) in [6.45, 7) is 3.18. The Morgan fingerprint density at radius 1 is 1.44 bits per heavy atom. The summed E-state index contributed by atoms with van der Waals surface area (Å²) in [6.07, 6.45) is 3.25. The summed E-state index contributed by atoms with van der Waals surface area (Å²) in [7, 11) is 0. The van der Waals surface area contributed by atoms with Gasteiger partial charge >= 0.3 is 0 Å². The zero-order valence-electron chi connectivity index (χ0n) is 10.5. The fourth-order valence-corrected chi connectivity index (χ4v) is 2.64. The van der Waals surface area contributed by atoms with E-state index in [1.165, 1.54) is 0 Å². The number of hydrogen-bond donors (Lipinski definition) is 0. The second kappa shape index (κ2) is 6.18. The number of hydrogen-bond acceptors (Lipinski definition) is 2. The quantitative estimate of drug-likeness (QED) is 0.753. The van der Waals surface area contributed by atoms with Crippen molar-refractivity contribution < 1.29 is 0 Å². The van der Waals surface area contributed by atoms with Crippen LogP contribution in [0.2, 0.25) is 5.02 Å². The van der Waals surface area contributed by atoms with Crippen molar-refractivity contribution >= 4 is 46.0 Å². The summed E-state index contributed by atoms with van der Waals surface area (Å²) in [5.74, 6) is 1.35. The molecule has 0 saturated heterocycles. The molecule has 18 heavy (non-hydrogen) atoms. The Balaban J connectivity index is 2.34. The Kier molecular flexibility index (Phi) is 4.82. The van der Waals surface area contributed by atoms with E-state index in [1.807, 2.05) is 30.0 Å². The monoisotopic (exact) mass is 302 g/mol. The molecule has 1 aromatic carbocycles. The van der Waals surface area contributed by atoms with E-state index in [0.717, 1.165) is 29.8 Å². The number of imidazole rings is 1. The van der Waals surface area contributed by atoms with E-state index >= 15 is 0 Å². The number of fused-ring (bicyclic) bond motifs is 1. The van der Waals surface area contributed by atoms with Crippen molar-refractivity contribution in [3.05, 3.63) is 29.0 Å². The molecule has 2 rings (SSSR count). The Bertz CT molecular complexity index is 539. The van der Waals surface area contributed by atoms with Gasteiger partial charge in [-0.15, -0.1) is 11.6 Å². The molecule has 0 aliphatic heterocycles. The molecule has 0 N–H and O–H groups in total. The van der Waals surface area contributed by atoms with E-state index in [4.69, 9.17) is 23.2 Å². The first-order valence-corrected chi connectivity index (χ1v) is 8.09. The molecule has 0 fully saturated rings. The minimum absolute atomic E-state index is 0.431. The number of aromatic nitrogens is 2. The Hall–Kier alpha value is -0.380. The predicted octanol–water partition coefficient (Wildman–Crippen LogP) is 4.57. The van der Waals surface area contributed by atoms with Gasteiger partial charge in [0.05, 0.1) is 16.9 Å². The lowest BCUT2D eigenvalue weighted by molar-refractivity contribution is 0.636. The van der Waals surface area contributed by atoms with Gasteiger partial charge in [0.15, 0.2) is 0 Å². The smallest absolute Gasteiger partial charge is 0.124 e. The van der Waals surface area contributed by atoms with Gasteiger partial charge in [0.2, 0.25) is 0 Å². The molecule has 2 nitrogen and oxygen atoms in total. The van der Waals surface area contributed by atoms with Crippen LogP contribution in [0.4, 0.5) is 0 Å². The van der Waals surface area contributed by atoms with Crippen LogP contribution in [0.25, 0.3) is 11.0 Å². The fraction of sp³-hybridized carbons (Fsp3) is 0.462. The van der Waals surface area contributed by atoms with Gasteiger partial charge in [0, 0.05) is 16.8 Å². The number of nitrogens with zero attached hydrogens (tertiary/aromatic N) is 2. The fourth-order valence-electron chi connectivity index (χ4n) is 1.93. The lowest BCUT2D eigenvalue weighted by Crippen LogP contribution is -2.07. The molecule has 5 heteroatoms. The van der Waals surface area contributed by atoms with E-state index in [9.17, 15) is 0 Å². The molecule has 0 radical (unpaired) electrons. The average molecular weight is 303 g/mol. The molecule has 0 amide bonds. The highest BCUT2D eigenvalue weighted by Crippen LogP contribution is 2.23. The maximum Gasteiger partial charge on any atom is 0.124 e. The maximum atomic E-state index is 5.99. The zero-order chi connectivity index (χ0) is 13.1. The summed E-state index contributed by atoms with van der Waals surface area (Å²) in [5, 5.41) is 1.35. The van der Waals surface area contributed by atoms with E-state index in [1.54, 1.807) is 0 Å². The molecular formula is C13H16Cl2N2S. The summed E-state index contributed by atoms with van der Waals surface area (Å²) < 4.78 is 2.20. The third kappa shape index (κ3) is 2.95. The third-order valence-corrected chi connectivity index (χ3v) is 4.59. The number of halogens is 2. The molecule has 0 bridgehead atoms. The van der Waals surface area contributed by atoms with Crippen LogP contribution in [0, 0.1) is 0 Å². The SMILES string of the molecule is CSC(C)CCn1c(CCl)nc2cc(Cl)ccc21. The molecule has 0 aliphatic carbocycles. The van der Waals surface area contributed by atoms with E-state index in [-0.39, 0.29) is 0 Å². The maximum absolute atomic E-state index is 5.99. The summed E-state index contributed by atoms with van der Waals surface area (Å²) >= 11 is 13.8. The molecule has 1 atom stereocenters. The number of rotatable bonds is 5. The van der Waals surface area contributed by atoms with Crippen molar-refractivity contribution in [2.75, 3.05) is 6.26 Å². The number of thioether (sulfide) groups is 1. The van der Waals surface area contributed by atoms with Crippen molar-refractivity contribution in [1.29, 1.82) is 0 Å². The normalized spacial score (nSPS) is 13.1. The largest absolute Gasteiger partial charge is 0.327 e. The van der Waals surface area contributed by atoms with E-state index in [0.29, 0.717) is 16.2 Å². The summed E-state index contributed by atoms with van der Waals surface area (Å²) in [5.41, 5.74) is 2.04. The van der Waals surface area contributed by atoms with E-state index in [2.05, 4.69) is 22.7 Å². The van der Waals surface area contributed by atoms with Crippen molar-refractivity contribution in [3.8, 4) is 0 Å². The van der Waals surface area contributed by atoms with Crippen LogP contribution in [0.1, 0.15) is 19.2 Å². The van der Waals surface area contributed by atoms with E-state index < -0.39 is 0 Å². The minimum atomic E-state index is 0.431. The summed E-state index contributed by atoms with van der Waals surface area (Å²) in [6, 6.07) is 5.81. The lowest BCUT2D eigenvalue weighted by atomic mass is 10.3. The van der Waals surface area contributed by atoms with Crippen LogP contribution in [0.5, 0.6) is 0 Å². The summed E-state index contributed by atoms with van der Waals surface area (Å²) in [4.78, 5) is 4.54. The number of benzene rings is 1. The van der Waals surface area contributed by atoms with Crippen molar-refractivity contribution in [2.24, 2.45) is 0 Å². The van der Waals surface area contributed by atoms with Gasteiger partial charge in [-0.3, -0.25) is 0 Å². The molecule has 1 unspecified atom stereocenters. The first-order valence-electron chi connectivity index (χ1n) is 5.89. The first-order chi connectivity index (χ1) is 8.65. The van der Waals surface area contributed by atoms with Crippen molar-refractivity contribution in [2.45, 2.75) is 31.0 Å². The second-order valence-corrected chi connectivity index (χ2v) is 6.26. The Labute approximate surface area is 122 Å². The van der Waals surface area contributed by atoms with Crippen molar-refractivity contribution in [3.63, 3.8) is 0 Å². The molecule has 2 aromatic rings. The van der Waals surface area contributed by atoms with Crippen LogP contribution in [-0.4, -0.2) is 21.1 Å². The highest BCUT2D eigenvalue weighted by Gasteiger charge is 2.11. The molecule has 98 valence electrons. The third-order valence-electron chi connectivity index (χ3n) is 3.07. The van der Waals surface area contributed by atoms with Gasteiger partial charge in [0.25, 0.3) is 0 Å². The standard InChI is InChI=1S/C13H16Cl2N2S/c1-9(18-2)5-6-17-12-4-3-10(15)7-11(12)16-13(17)8-14/h3-4,7,9H,5-6,8H2,1-2H3. The predicted molar refractivity (Wildman–Crippen MR) is 81.9 cm³/mol. The lowest BCUT2D eigenvalue weighted by Gasteiger charge is -2.11. The van der Waals surface area contributed by atoms with Gasteiger partial charge in [-0.05, 0) is 30.9 Å². The highest BCUT2D eigenvalue weighted by molar-refractivity contribution is 7.99. The Morgan fingerprint density at radius 2 is 2.22 bits per heavy atom. The van der Waals surface area contributed by atoms with Gasteiger partial charge in [-0.25, -0.2) is 4.98 Å². The molecule has 0 spiro atoms. The molecule has 0 saturated carbocycles. The Morgan fingerprint density at radius 3 is 2.89 bits per heavy atom. The van der Waals surface area contributed by atoms with Crippen LogP contribution in [0.15, 0.2) is 18.2 Å². The minimum Gasteiger partial charge on any atom is -0.327 e. The van der Waals surface area contributed by atoms with Crippen LogP contribution >= 0.6 is 35.0 Å². The molecule has 1 aromatic heterocycles. The number of alkyl halides is 1. The average Bonchev–Trinajstić information content (AvgIpc) is 2.72.